The van der Waals surface area contributed by atoms with Crippen molar-refractivity contribution in [1.82, 2.24) is 0 Å². The number of ketones is 2. The molecule has 34 heavy (non-hydrogen) atoms. The normalized spacial score (nSPS) is 13.3. The SMILES string of the molecule is Cc1ccc(Oc2ccc(C(F)(F)F)cc2Cl)cc1C(=O)OC1=CC(=O)c2ccccc2C1=O. The Kier molecular flexibility index (Phi) is 6.01. The number of esters is 1. The fourth-order valence-corrected chi connectivity index (χ4v) is 3.51. The van der Waals surface area contributed by atoms with E-state index in [0.717, 1.165) is 24.3 Å². The number of alkyl halides is 3. The largest absolute Gasteiger partial charge is 0.456 e. The molecule has 0 aliphatic heterocycles. The molecule has 5 nitrogen and oxygen atoms in total. The van der Waals surface area contributed by atoms with Crippen molar-refractivity contribution in [3.8, 4) is 11.5 Å². The van der Waals surface area contributed by atoms with Gasteiger partial charge in [0.2, 0.25) is 5.78 Å². The maximum absolute atomic E-state index is 12.8. The number of fused-ring (bicyclic) bond motifs is 1. The molecule has 4 rings (SSSR count). The third kappa shape index (κ3) is 4.58. The first-order valence-corrected chi connectivity index (χ1v) is 10.2. The van der Waals surface area contributed by atoms with Crippen LogP contribution < -0.4 is 4.74 Å². The van der Waals surface area contributed by atoms with Crippen LogP contribution in [0.4, 0.5) is 13.2 Å². The van der Waals surface area contributed by atoms with Crippen molar-refractivity contribution >= 4 is 29.1 Å². The van der Waals surface area contributed by atoms with E-state index in [-0.39, 0.29) is 33.2 Å². The smallest absolute Gasteiger partial charge is 0.416 e. The first-order chi connectivity index (χ1) is 16.0. The van der Waals surface area contributed by atoms with Crippen LogP contribution in [0.15, 0.2) is 72.5 Å². The number of hydrogen-bond donors (Lipinski definition) is 0. The molecule has 0 aromatic heterocycles. The summed E-state index contributed by atoms with van der Waals surface area (Å²) in [4.78, 5) is 37.7. The lowest BCUT2D eigenvalue weighted by Crippen LogP contribution is -2.21. The van der Waals surface area contributed by atoms with Crippen molar-refractivity contribution in [3.63, 3.8) is 0 Å². The number of benzene rings is 3. The number of carbonyl (C=O) groups excluding carboxylic acids is 3. The quantitative estimate of drug-likeness (QED) is 0.390. The summed E-state index contributed by atoms with van der Waals surface area (Å²) in [5.41, 5.74) is -0.0811. The number of hydrogen-bond acceptors (Lipinski definition) is 5. The Balaban J connectivity index is 1.57. The Hall–Kier alpha value is -3.91. The number of aryl methyl sites for hydroxylation is 1. The number of rotatable bonds is 4. The maximum Gasteiger partial charge on any atom is 0.416 e. The molecule has 0 radical (unpaired) electrons. The monoisotopic (exact) mass is 486 g/mol. The van der Waals surface area contributed by atoms with Gasteiger partial charge < -0.3 is 9.47 Å². The highest BCUT2D eigenvalue weighted by Gasteiger charge is 2.31. The van der Waals surface area contributed by atoms with E-state index in [9.17, 15) is 27.6 Å². The van der Waals surface area contributed by atoms with E-state index in [1.54, 1.807) is 19.1 Å². The minimum Gasteiger partial charge on any atom is -0.456 e. The van der Waals surface area contributed by atoms with E-state index in [2.05, 4.69) is 0 Å². The Morgan fingerprint density at radius 3 is 2.32 bits per heavy atom. The fourth-order valence-electron chi connectivity index (χ4n) is 3.29. The van der Waals surface area contributed by atoms with E-state index in [1.807, 2.05) is 0 Å². The second-order valence-corrected chi connectivity index (χ2v) is 7.77. The molecule has 0 spiro atoms. The van der Waals surface area contributed by atoms with Crippen LogP contribution in [0.2, 0.25) is 5.02 Å². The first kappa shape index (κ1) is 23.3. The van der Waals surface area contributed by atoms with Crippen LogP contribution in [0, 0.1) is 6.92 Å². The maximum atomic E-state index is 12.8. The van der Waals surface area contributed by atoms with Gasteiger partial charge in [-0.2, -0.15) is 13.2 Å². The number of halogens is 4. The molecule has 3 aromatic carbocycles. The van der Waals surface area contributed by atoms with Crippen molar-refractivity contribution in [2.45, 2.75) is 13.1 Å². The minimum atomic E-state index is -4.56. The highest BCUT2D eigenvalue weighted by molar-refractivity contribution is 6.32. The summed E-state index contributed by atoms with van der Waals surface area (Å²) >= 11 is 5.93. The van der Waals surface area contributed by atoms with Gasteiger partial charge in [-0.25, -0.2) is 4.79 Å². The summed E-state index contributed by atoms with van der Waals surface area (Å²) in [6.07, 6.45) is -3.60. The molecule has 1 aliphatic rings. The molecule has 0 N–H and O–H groups in total. The lowest BCUT2D eigenvalue weighted by atomic mass is 9.94. The number of allylic oxidation sites excluding steroid dienone is 2. The van der Waals surface area contributed by atoms with Gasteiger partial charge in [0.1, 0.15) is 11.5 Å². The molecule has 0 saturated carbocycles. The van der Waals surface area contributed by atoms with E-state index >= 15 is 0 Å². The number of ether oxygens (including phenoxy) is 2. The van der Waals surface area contributed by atoms with Gasteiger partial charge in [-0.15, -0.1) is 0 Å². The van der Waals surface area contributed by atoms with Gasteiger partial charge in [-0.1, -0.05) is 41.9 Å². The molecule has 1 aliphatic carbocycles. The molecule has 0 fully saturated rings. The van der Waals surface area contributed by atoms with Gasteiger partial charge in [0.05, 0.1) is 16.1 Å². The summed E-state index contributed by atoms with van der Waals surface area (Å²) in [5.74, 6) is -2.35. The topological polar surface area (TPSA) is 69.7 Å². The summed E-state index contributed by atoms with van der Waals surface area (Å²) < 4.78 is 49.3. The van der Waals surface area contributed by atoms with E-state index < -0.39 is 35.0 Å². The molecule has 3 aromatic rings. The summed E-state index contributed by atoms with van der Waals surface area (Å²) in [5, 5.41) is -0.269. The average Bonchev–Trinajstić information content (AvgIpc) is 2.79. The molecule has 0 bridgehead atoms. The molecular weight excluding hydrogens is 473 g/mol. The average molecular weight is 487 g/mol. The van der Waals surface area contributed by atoms with E-state index in [1.165, 1.54) is 30.3 Å². The number of carbonyl (C=O) groups is 3. The van der Waals surface area contributed by atoms with Gasteiger partial charge in [-0.05, 0) is 42.8 Å². The molecule has 9 heteroatoms. The van der Waals surface area contributed by atoms with Crippen LogP contribution in [0.1, 0.15) is 42.2 Å². The Morgan fingerprint density at radius 2 is 1.65 bits per heavy atom. The summed E-state index contributed by atoms with van der Waals surface area (Å²) in [6, 6.07) is 13.1. The predicted molar refractivity (Wildman–Crippen MR) is 116 cm³/mol. The van der Waals surface area contributed by atoms with Crippen LogP contribution in [-0.4, -0.2) is 17.5 Å². The predicted octanol–water partition coefficient (Wildman–Crippen LogP) is 6.58. The van der Waals surface area contributed by atoms with Crippen molar-refractivity contribution in [1.29, 1.82) is 0 Å². The van der Waals surface area contributed by atoms with Crippen molar-refractivity contribution < 1.29 is 37.0 Å². The van der Waals surface area contributed by atoms with Crippen molar-refractivity contribution in [3.05, 3.63) is 105 Å². The molecule has 0 atom stereocenters. The van der Waals surface area contributed by atoms with Crippen molar-refractivity contribution in [2.75, 3.05) is 0 Å². The fraction of sp³-hybridized carbons (Fsp3) is 0.0800. The highest BCUT2D eigenvalue weighted by atomic mass is 35.5. The van der Waals surface area contributed by atoms with Gasteiger partial charge in [0.15, 0.2) is 11.5 Å². The van der Waals surface area contributed by atoms with Crippen LogP contribution in [0.25, 0.3) is 0 Å². The number of Topliss-reactive ketones (excluding diaryl/α,β-unsaturated/α-hetero) is 1. The van der Waals surface area contributed by atoms with E-state index in [4.69, 9.17) is 21.1 Å². The zero-order valence-corrected chi connectivity index (χ0v) is 18.2. The molecule has 0 amide bonds. The Bertz CT molecular complexity index is 1380. The standard InChI is InChI=1S/C25H14ClF3O5/c1-13-6-8-15(33-21-9-7-14(10-19(21)26)25(27,28)29)11-18(13)24(32)34-22-12-20(30)16-4-2-3-5-17(16)23(22)31/h2-12H,1H3. The van der Waals surface area contributed by atoms with Crippen LogP contribution in [0.5, 0.6) is 11.5 Å². The third-order valence-corrected chi connectivity index (χ3v) is 5.34. The lowest BCUT2D eigenvalue weighted by molar-refractivity contribution is -0.137. The van der Waals surface area contributed by atoms with Crippen LogP contribution in [0.3, 0.4) is 0 Å². The van der Waals surface area contributed by atoms with E-state index in [0.29, 0.717) is 5.56 Å². The molecule has 0 heterocycles. The second-order valence-electron chi connectivity index (χ2n) is 7.36. The lowest BCUT2D eigenvalue weighted by Gasteiger charge is -2.16. The van der Waals surface area contributed by atoms with Gasteiger partial charge in [-0.3, -0.25) is 9.59 Å². The first-order valence-electron chi connectivity index (χ1n) is 9.82. The molecule has 0 saturated heterocycles. The minimum absolute atomic E-state index is 0.0283. The zero-order valence-electron chi connectivity index (χ0n) is 17.4. The highest BCUT2D eigenvalue weighted by Crippen LogP contribution is 2.37. The van der Waals surface area contributed by atoms with Crippen LogP contribution >= 0.6 is 11.6 Å². The second kappa shape index (κ2) is 8.79. The molecular formula is C25H14ClF3O5. The molecule has 172 valence electrons. The zero-order chi connectivity index (χ0) is 24.6. The summed E-state index contributed by atoms with van der Waals surface area (Å²) in [7, 11) is 0. The molecule has 0 unspecified atom stereocenters. The van der Waals surface area contributed by atoms with Gasteiger partial charge >= 0.3 is 12.1 Å². The Morgan fingerprint density at radius 1 is 0.941 bits per heavy atom. The Labute approximate surface area is 196 Å². The third-order valence-electron chi connectivity index (χ3n) is 5.04. The summed E-state index contributed by atoms with van der Waals surface area (Å²) in [6.45, 7) is 1.61. The van der Waals surface area contributed by atoms with Crippen LogP contribution in [-0.2, 0) is 10.9 Å². The van der Waals surface area contributed by atoms with Gasteiger partial charge in [0, 0.05) is 17.2 Å². The van der Waals surface area contributed by atoms with Crippen molar-refractivity contribution in [2.24, 2.45) is 0 Å². The van der Waals surface area contributed by atoms with Gasteiger partial charge in [0.25, 0.3) is 0 Å².